The fraction of sp³-hybridized carbons (Fsp3) is 0.538. The number of piperidine rings is 1. The second-order valence-corrected chi connectivity index (χ2v) is 5.16. The highest BCUT2D eigenvalue weighted by Gasteiger charge is 2.38. The Labute approximate surface area is 101 Å². The Morgan fingerprint density at radius 1 is 1.41 bits per heavy atom. The summed E-state index contributed by atoms with van der Waals surface area (Å²) in [6, 6.07) is -0.246. The number of allylic oxidation sites excluding steroid dienone is 3. The van der Waals surface area contributed by atoms with E-state index in [2.05, 4.69) is 30.1 Å². The molecule has 0 aromatic heterocycles. The van der Waals surface area contributed by atoms with Crippen molar-refractivity contribution in [2.75, 3.05) is 0 Å². The summed E-state index contributed by atoms with van der Waals surface area (Å²) in [6.45, 7) is 6.14. The topological polar surface area (TPSA) is 49.4 Å². The highest BCUT2D eigenvalue weighted by atomic mass is 16.2. The summed E-state index contributed by atoms with van der Waals surface area (Å²) in [5.41, 5.74) is 0.869. The summed E-state index contributed by atoms with van der Waals surface area (Å²) in [7, 11) is 0. The SMILES string of the molecule is CC1=CC=CC(C)(C)N1C1CCC(=O)NC1=O. The van der Waals surface area contributed by atoms with Gasteiger partial charge in [0.25, 0.3) is 0 Å². The first kappa shape index (κ1) is 11.9. The maximum absolute atomic E-state index is 11.9. The molecule has 1 fully saturated rings. The van der Waals surface area contributed by atoms with Crippen molar-refractivity contribution in [3.8, 4) is 0 Å². The average Bonchev–Trinajstić information content (AvgIpc) is 2.20. The van der Waals surface area contributed by atoms with Crippen molar-refractivity contribution < 1.29 is 9.59 Å². The van der Waals surface area contributed by atoms with Crippen LogP contribution in [-0.2, 0) is 9.59 Å². The number of nitrogens with one attached hydrogen (secondary N) is 1. The van der Waals surface area contributed by atoms with Crippen LogP contribution in [0.5, 0.6) is 0 Å². The minimum Gasteiger partial charge on any atom is -0.355 e. The zero-order chi connectivity index (χ0) is 12.6. The molecule has 0 aromatic carbocycles. The minimum absolute atomic E-state index is 0.168. The van der Waals surface area contributed by atoms with E-state index in [1.807, 2.05) is 19.1 Å². The number of imide groups is 1. The predicted molar refractivity (Wildman–Crippen MR) is 65.0 cm³/mol. The Bertz CT molecular complexity index is 421. The van der Waals surface area contributed by atoms with Crippen molar-refractivity contribution in [1.82, 2.24) is 10.2 Å². The van der Waals surface area contributed by atoms with Gasteiger partial charge in [0.1, 0.15) is 6.04 Å². The van der Waals surface area contributed by atoms with E-state index in [1.54, 1.807) is 0 Å². The van der Waals surface area contributed by atoms with Crippen LogP contribution in [0.15, 0.2) is 23.9 Å². The van der Waals surface area contributed by atoms with E-state index >= 15 is 0 Å². The molecule has 1 N–H and O–H groups in total. The van der Waals surface area contributed by atoms with Gasteiger partial charge in [-0.2, -0.15) is 0 Å². The van der Waals surface area contributed by atoms with Gasteiger partial charge in [-0.3, -0.25) is 14.9 Å². The van der Waals surface area contributed by atoms with Crippen molar-refractivity contribution in [1.29, 1.82) is 0 Å². The Morgan fingerprint density at radius 2 is 2.12 bits per heavy atom. The molecule has 1 saturated heterocycles. The Hall–Kier alpha value is -1.58. The molecule has 92 valence electrons. The van der Waals surface area contributed by atoms with Gasteiger partial charge in [0, 0.05) is 12.1 Å². The first-order chi connectivity index (χ1) is 7.92. The number of carbonyl (C=O) groups is 2. The van der Waals surface area contributed by atoms with Gasteiger partial charge >= 0.3 is 0 Å². The molecular weight excluding hydrogens is 216 g/mol. The number of amides is 2. The molecule has 2 aliphatic heterocycles. The molecule has 17 heavy (non-hydrogen) atoms. The molecule has 2 heterocycles. The van der Waals surface area contributed by atoms with Crippen LogP contribution in [0.2, 0.25) is 0 Å². The monoisotopic (exact) mass is 234 g/mol. The highest BCUT2D eigenvalue weighted by Crippen LogP contribution is 2.30. The summed E-state index contributed by atoms with van der Waals surface area (Å²) >= 11 is 0. The molecule has 2 rings (SSSR count). The van der Waals surface area contributed by atoms with Crippen LogP contribution in [0.1, 0.15) is 33.6 Å². The molecule has 0 spiro atoms. The zero-order valence-corrected chi connectivity index (χ0v) is 10.5. The zero-order valence-electron chi connectivity index (χ0n) is 10.5. The maximum atomic E-state index is 11.9. The molecule has 1 atom stereocenters. The fourth-order valence-corrected chi connectivity index (χ4v) is 2.61. The lowest BCUT2D eigenvalue weighted by Crippen LogP contribution is -2.58. The summed E-state index contributed by atoms with van der Waals surface area (Å²) < 4.78 is 0. The van der Waals surface area contributed by atoms with Gasteiger partial charge < -0.3 is 4.90 Å². The molecule has 0 radical (unpaired) electrons. The molecule has 0 aliphatic carbocycles. The van der Waals surface area contributed by atoms with Crippen LogP contribution in [-0.4, -0.2) is 28.3 Å². The Morgan fingerprint density at radius 3 is 2.71 bits per heavy atom. The second kappa shape index (κ2) is 4.02. The highest BCUT2D eigenvalue weighted by molar-refractivity contribution is 6.00. The quantitative estimate of drug-likeness (QED) is 0.697. The molecule has 0 aromatic rings. The van der Waals surface area contributed by atoms with Crippen molar-refractivity contribution in [2.24, 2.45) is 0 Å². The molecule has 4 nitrogen and oxygen atoms in total. The van der Waals surface area contributed by atoms with Crippen LogP contribution < -0.4 is 5.32 Å². The molecule has 2 aliphatic rings. The Balaban J connectivity index is 2.27. The molecule has 1 unspecified atom stereocenters. The second-order valence-electron chi connectivity index (χ2n) is 5.16. The number of hydrogen-bond donors (Lipinski definition) is 1. The third-order valence-corrected chi connectivity index (χ3v) is 3.36. The largest absolute Gasteiger partial charge is 0.355 e. The third-order valence-electron chi connectivity index (χ3n) is 3.36. The van der Waals surface area contributed by atoms with Crippen LogP contribution >= 0.6 is 0 Å². The maximum Gasteiger partial charge on any atom is 0.249 e. The lowest BCUT2D eigenvalue weighted by molar-refractivity contribution is -0.138. The van der Waals surface area contributed by atoms with E-state index in [1.165, 1.54) is 0 Å². The molecule has 0 saturated carbocycles. The van der Waals surface area contributed by atoms with E-state index in [9.17, 15) is 9.59 Å². The van der Waals surface area contributed by atoms with Crippen molar-refractivity contribution in [3.05, 3.63) is 23.9 Å². The minimum atomic E-state index is -0.246. The number of nitrogens with zero attached hydrogens (tertiary/aromatic N) is 1. The summed E-state index contributed by atoms with van der Waals surface area (Å²) in [5, 5.41) is 2.41. The summed E-state index contributed by atoms with van der Waals surface area (Å²) in [6.07, 6.45) is 7.09. The van der Waals surface area contributed by atoms with Crippen molar-refractivity contribution in [3.63, 3.8) is 0 Å². The molecule has 2 amide bonds. The summed E-state index contributed by atoms with van der Waals surface area (Å²) in [4.78, 5) is 25.2. The number of hydrogen-bond acceptors (Lipinski definition) is 3. The van der Waals surface area contributed by atoms with Gasteiger partial charge in [-0.25, -0.2) is 0 Å². The first-order valence-electron chi connectivity index (χ1n) is 5.91. The number of rotatable bonds is 1. The van der Waals surface area contributed by atoms with Crippen LogP contribution in [0.25, 0.3) is 0 Å². The van der Waals surface area contributed by atoms with Crippen molar-refractivity contribution in [2.45, 2.75) is 45.2 Å². The van der Waals surface area contributed by atoms with E-state index < -0.39 is 0 Å². The smallest absolute Gasteiger partial charge is 0.249 e. The van der Waals surface area contributed by atoms with Crippen LogP contribution in [0.4, 0.5) is 0 Å². The third kappa shape index (κ3) is 2.12. The standard InChI is InChI=1S/C13H18N2O2/c1-9-5-4-8-13(2,3)15(9)10-6-7-11(16)14-12(10)17/h4-5,8,10H,6-7H2,1-3H3,(H,14,16,17). The van der Waals surface area contributed by atoms with E-state index in [0.29, 0.717) is 12.8 Å². The fourth-order valence-electron chi connectivity index (χ4n) is 2.61. The molecular formula is C13H18N2O2. The van der Waals surface area contributed by atoms with Gasteiger partial charge in [0.15, 0.2) is 0 Å². The van der Waals surface area contributed by atoms with Gasteiger partial charge in [0.05, 0.1) is 5.54 Å². The number of carbonyl (C=O) groups excluding carboxylic acids is 2. The van der Waals surface area contributed by atoms with E-state index in [-0.39, 0.29) is 23.4 Å². The van der Waals surface area contributed by atoms with Gasteiger partial charge in [0.2, 0.25) is 11.8 Å². The Kier molecular flexibility index (Phi) is 2.81. The molecule has 0 bridgehead atoms. The van der Waals surface area contributed by atoms with Gasteiger partial charge in [-0.15, -0.1) is 0 Å². The van der Waals surface area contributed by atoms with Crippen molar-refractivity contribution >= 4 is 11.8 Å². The molecule has 4 heteroatoms. The average molecular weight is 234 g/mol. The lowest BCUT2D eigenvalue weighted by atomic mass is 9.92. The van der Waals surface area contributed by atoms with Gasteiger partial charge in [-0.1, -0.05) is 12.2 Å². The normalized spacial score (nSPS) is 27.8. The first-order valence-corrected chi connectivity index (χ1v) is 5.91. The van der Waals surface area contributed by atoms with E-state index in [0.717, 1.165) is 5.70 Å². The predicted octanol–water partition coefficient (Wildman–Crippen LogP) is 1.35. The van der Waals surface area contributed by atoms with E-state index in [4.69, 9.17) is 0 Å². The van der Waals surface area contributed by atoms with Crippen LogP contribution in [0.3, 0.4) is 0 Å². The summed E-state index contributed by atoms with van der Waals surface area (Å²) in [5.74, 6) is -0.351. The van der Waals surface area contributed by atoms with Gasteiger partial charge in [-0.05, 0) is 33.3 Å². The lowest BCUT2D eigenvalue weighted by Gasteiger charge is -2.46. The van der Waals surface area contributed by atoms with Crippen LogP contribution in [0, 0.1) is 0 Å².